The van der Waals surface area contributed by atoms with Crippen LogP contribution in [0.4, 0.5) is 4.79 Å². The van der Waals surface area contributed by atoms with Crippen molar-refractivity contribution in [1.29, 1.82) is 0 Å². The topological polar surface area (TPSA) is 101 Å². The Morgan fingerprint density at radius 2 is 1.69 bits per heavy atom. The van der Waals surface area contributed by atoms with Gasteiger partial charge < -0.3 is 4.74 Å². The minimum atomic E-state index is -0.664. The van der Waals surface area contributed by atoms with Crippen molar-refractivity contribution in [3.8, 4) is 0 Å². The molecule has 0 unspecified atom stereocenters. The molecule has 0 aromatic heterocycles. The van der Waals surface area contributed by atoms with Gasteiger partial charge in [-0.15, -0.1) is 0 Å². The molecule has 2 aliphatic rings. The fraction of sp³-hybridized carbons (Fsp3) is 0.450. The van der Waals surface area contributed by atoms with E-state index in [2.05, 4.69) is 0 Å². The number of carbonyl (C=O) groups excluding carboxylic acids is 5. The molecule has 0 aliphatic carbocycles. The fourth-order valence-corrected chi connectivity index (χ4v) is 4.25. The molecule has 9 heteroatoms. The van der Waals surface area contributed by atoms with E-state index >= 15 is 0 Å². The van der Waals surface area contributed by atoms with Gasteiger partial charge in [-0.05, 0) is 18.1 Å². The molecule has 0 saturated carbocycles. The number of hydrogen-bond donors (Lipinski definition) is 0. The van der Waals surface area contributed by atoms with Crippen LogP contribution in [0.15, 0.2) is 24.3 Å². The van der Waals surface area contributed by atoms with Crippen molar-refractivity contribution in [3.63, 3.8) is 0 Å². The van der Waals surface area contributed by atoms with E-state index in [0.717, 1.165) is 21.6 Å². The quantitative estimate of drug-likeness (QED) is 0.654. The molecule has 0 spiro atoms. The van der Waals surface area contributed by atoms with E-state index in [-0.39, 0.29) is 42.7 Å². The van der Waals surface area contributed by atoms with E-state index in [1.807, 2.05) is 13.8 Å². The number of amides is 4. The van der Waals surface area contributed by atoms with E-state index < -0.39 is 34.2 Å². The van der Waals surface area contributed by atoms with Gasteiger partial charge in [0.2, 0.25) is 11.0 Å². The monoisotopic (exact) mass is 418 g/mol. The van der Waals surface area contributed by atoms with Crippen LogP contribution < -0.4 is 0 Å². The van der Waals surface area contributed by atoms with E-state index in [0.29, 0.717) is 0 Å². The summed E-state index contributed by atoms with van der Waals surface area (Å²) < 4.78 is 4.98. The van der Waals surface area contributed by atoms with E-state index in [9.17, 15) is 24.0 Å². The van der Waals surface area contributed by atoms with Crippen molar-refractivity contribution in [1.82, 2.24) is 9.80 Å². The van der Waals surface area contributed by atoms with Crippen LogP contribution in [0.5, 0.6) is 0 Å². The second kappa shape index (κ2) is 8.36. The Bertz CT molecular complexity index is 848. The third kappa shape index (κ3) is 4.19. The lowest BCUT2D eigenvalue weighted by Crippen LogP contribution is -2.42. The van der Waals surface area contributed by atoms with Crippen LogP contribution in [-0.2, 0) is 14.3 Å². The van der Waals surface area contributed by atoms with Crippen molar-refractivity contribution in [2.75, 3.05) is 13.2 Å². The molecule has 1 saturated heterocycles. The van der Waals surface area contributed by atoms with Crippen LogP contribution in [0.2, 0.25) is 0 Å². The molecule has 2 atom stereocenters. The number of fused-ring (bicyclic) bond motifs is 1. The number of ether oxygens (including phenoxy) is 1. The summed E-state index contributed by atoms with van der Waals surface area (Å²) in [7, 11) is 0. The number of thioether (sulfide) groups is 1. The molecule has 1 aromatic rings. The number of carbonyl (C=O) groups is 5. The van der Waals surface area contributed by atoms with Crippen molar-refractivity contribution < 1.29 is 28.7 Å². The Morgan fingerprint density at radius 1 is 1.10 bits per heavy atom. The van der Waals surface area contributed by atoms with Gasteiger partial charge in [-0.1, -0.05) is 44.7 Å². The lowest BCUT2D eigenvalue weighted by Gasteiger charge is -2.23. The molecule has 0 N–H and O–H groups in total. The van der Waals surface area contributed by atoms with Crippen molar-refractivity contribution in [2.24, 2.45) is 5.92 Å². The van der Waals surface area contributed by atoms with E-state index in [1.165, 1.54) is 0 Å². The summed E-state index contributed by atoms with van der Waals surface area (Å²) in [6.07, 6.45) is -0.695. The number of imide groups is 2. The molecule has 0 radical (unpaired) electrons. The van der Waals surface area contributed by atoms with Gasteiger partial charge in [-0.3, -0.25) is 24.1 Å². The molecule has 3 rings (SSSR count). The lowest BCUT2D eigenvalue weighted by molar-refractivity contribution is -0.129. The number of rotatable bonds is 6. The van der Waals surface area contributed by atoms with Gasteiger partial charge in [0.05, 0.1) is 23.7 Å². The smallest absolute Gasteiger partial charge is 0.416 e. The molecule has 2 heterocycles. The summed E-state index contributed by atoms with van der Waals surface area (Å²) in [5.41, 5.74) is 0.566. The largest absolute Gasteiger partial charge is 0.447 e. The van der Waals surface area contributed by atoms with Gasteiger partial charge in [0.25, 0.3) is 11.8 Å². The predicted octanol–water partition coefficient (Wildman–Crippen LogP) is 2.32. The first-order chi connectivity index (χ1) is 13.7. The molecule has 1 aromatic carbocycles. The van der Waals surface area contributed by atoms with Crippen LogP contribution in [0, 0.1) is 5.92 Å². The Kier molecular flexibility index (Phi) is 6.07. The molecular formula is C20H22N2O6S. The highest BCUT2D eigenvalue weighted by molar-refractivity contribution is 8.14. The van der Waals surface area contributed by atoms with Gasteiger partial charge in [-0.2, -0.15) is 0 Å². The zero-order chi connectivity index (χ0) is 21.3. The molecule has 1 fully saturated rings. The third-order valence-electron chi connectivity index (χ3n) is 4.90. The number of benzene rings is 1. The van der Waals surface area contributed by atoms with Crippen LogP contribution in [0.3, 0.4) is 0 Å². The average Bonchev–Trinajstić information content (AvgIpc) is 3.16. The summed E-state index contributed by atoms with van der Waals surface area (Å²) >= 11 is 0.883. The first-order valence-corrected chi connectivity index (χ1v) is 10.2. The van der Waals surface area contributed by atoms with Crippen molar-refractivity contribution >= 4 is 40.7 Å². The van der Waals surface area contributed by atoms with Crippen molar-refractivity contribution in [3.05, 3.63) is 35.4 Å². The average molecular weight is 418 g/mol. The summed E-state index contributed by atoms with van der Waals surface area (Å²) in [5, 5.41) is -0.824. The molecule has 0 bridgehead atoms. The molecule has 4 amide bonds. The highest BCUT2D eigenvalue weighted by atomic mass is 32.2. The maximum atomic E-state index is 12.5. The molecule has 29 heavy (non-hydrogen) atoms. The maximum Gasteiger partial charge on any atom is 0.416 e. The Balaban J connectivity index is 1.56. The zero-order valence-corrected chi connectivity index (χ0v) is 17.2. The summed E-state index contributed by atoms with van der Waals surface area (Å²) in [5.74, 6) is -1.34. The Morgan fingerprint density at radius 3 is 2.24 bits per heavy atom. The van der Waals surface area contributed by atoms with Crippen LogP contribution in [-0.4, -0.2) is 63.2 Å². The first kappa shape index (κ1) is 21.0. The molecule has 154 valence electrons. The van der Waals surface area contributed by atoms with Crippen molar-refractivity contribution in [2.45, 2.75) is 38.5 Å². The summed E-state index contributed by atoms with van der Waals surface area (Å²) in [6.45, 7) is 5.29. The number of hydrogen-bond acceptors (Lipinski definition) is 7. The predicted molar refractivity (Wildman–Crippen MR) is 105 cm³/mol. The number of nitrogens with zero attached hydrogens (tertiary/aromatic N) is 2. The highest BCUT2D eigenvalue weighted by Crippen LogP contribution is 2.26. The zero-order valence-electron chi connectivity index (χ0n) is 16.4. The SMILES string of the molecule is CC(C)[C@H]1COC(=O)N1C(=O)C[C@@H](C)SC(=O)CN1C(=O)c2ccccc2C1=O. The van der Waals surface area contributed by atoms with Crippen LogP contribution >= 0.6 is 11.8 Å². The summed E-state index contributed by atoms with van der Waals surface area (Å²) in [4.78, 5) is 63.5. The minimum Gasteiger partial charge on any atom is -0.447 e. The van der Waals surface area contributed by atoms with Crippen LogP contribution in [0.25, 0.3) is 0 Å². The normalized spacial score (nSPS) is 19.6. The van der Waals surface area contributed by atoms with Gasteiger partial charge in [0.15, 0.2) is 0 Å². The van der Waals surface area contributed by atoms with Crippen LogP contribution in [0.1, 0.15) is 47.9 Å². The first-order valence-electron chi connectivity index (χ1n) is 9.34. The van der Waals surface area contributed by atoms with E-state index in [4.69, 9.17) is 4.74 Å². The fourth-order valence-electron chi connectivity index (χ4n) is 3.37. The third-order valence-corrected chi connectivity index (χ3v) is 5.87. The number of cyclic esters (lactones) is 1. The van der Waals surface area contributed by atoms with E-state index in [1.54, 1.807) is 31.2 Å². The Labute approximate surface area is 172 Å². The molecular weight excluding hydrogens is 396 g/mol. The second-order valence-electron chi connectivity index (χ2n) is 7.40. The second-order valence-corrected chi connectivity index (χ2v) is 8.89. The van der Waals surface area contributed by atoms with Gasteiger partial charge in [0.1, 0.15) is 6.61 Å². The standard InChI is InChI=1S/C20H22N2O6S/c1-11(2)15-10-28-20(27)22(15)16(23)8-12(3)29-17(24)9-21-18(25)13-6-4-5-7-14(13)19(21)26/h4-7,11-12,15H,8-10H2,1-3H3/t12-,15-/m1/s1. The lowest BCUT2D eigenvalue weighted by atomic mass is 10.0. The minimum absolute atomic E-state index is 0.0309. The van der Waals surface area contributed by atoms with Gasteiger partial charge >= 0.3 is 6.09 Å². The maximum absolute atomic E-state index is 12.5. The van der Waals surface area contributed by atoms with Gasteiger partial charge in [0, 0.05) is 11.7 Å². The molecule has 8 nitrogen and oxygen atoms in total. The van der Waals surface area contributed by atoms with Gasteiger partial charge in [-0.25, -0.2) is 9.69 Å². The Hall–Kier alpha value is -2.68. The summed E-state index contributed by atoms with van der Waals surface area (Å²) in [6, 6.07) is 6.10. The molecule has 2 aliphatic heterocycles. The highest BCUT2D eigenvalue weighted by Gasteiger charge is 2.40.